The van der Waals surface area contributed by atoms with E-state index < -0.39 is 15.8 Å². The molecule has 94 valence electrons. The van der Waals surface area contributed by atoms with Crippen LogP contribution in [0.1, 0.15) is 0 Å². The largest absolute Gasteiger partial charge is 0.396 e. The van der Waals surface area contributed by atoms with E-state index in [-0.39, 0.29) is 16.4 Å². The van der Waals surface area contributed by atoms with Gasteiger partial charge in [-0.3, -0.25) is 4.72 Å². The van der Waals surface area contributed by atoms with E-state index in [2.05, 4.69) is 9.71 Å². The maximum absolute atomic E-state index is 13.2. The summed E-state index contributed by atoms with van der Waals surface area (Å²) in [6, 6.07) is 8.06. The van der Waals surface area contributed by atoms with Crippen LogP contribution in [-0.2, 0) is 10.0 Å². The molecule has 0 aliphatic carbocycles. The quantitative estimate of drug-likeness (QED) is 0.827. The van der Waals surface area contributed by atoms with Crippen molar-refractivity contribution < 1.29 is 12.8 Å². The molecule has 18 heavy (non-hydrogen) atoms. The van der Waals surface area contributed by atoms with Crippen LogP contribution in [0.15, 0.2) is 47.5 Å². The van der Waals surface area contributed by atoms with E-state index >= 15 is 0 Å². The number of aromatic nitrogens is 1. The normalized spacial score (nSPS) is 11.2. The molecule has 0 radical (unpaired) electrons. The minimum Gasteiger partial charge on any atom is -0.396 e. The van der Waals surface area contributed by atoms with Gasteiger partial charge in [-0.2, -0.15) is 0 Å². The van der Waals surface area contributed by atoms with Crippen LogP contribution >= 0.6 is 0 Å². The van der Waals surface area contributed by atoms with Crippen molar-refractivity contribution in [3.63, 3.8) is 0 Å². The van der Waals surface area contributed by atoms with Crippen LogP contribution in [-0.4, -0.2) is 13.4 Å². The number of nitrogens with one attached hydrogen (secondary N) is 1. The Balaban J connectivity index is 2.34. The van der Waals surface area contributed by atoms with Gasteiger partial charge in [0, 0.05) is 6.20 Å². The van der Waals surface area contributed by atoms with Gasteiger partial charge >= 0.3 is 0 Å². The Morgan fingerprint density at radius 2 is 2.00 bits per heavy atom. The first-order chi connectivity index (χ1) is 8.49. The highest BCUT2D eigenvalue weighted by molar-refractivity contribution is 7.92. The molecule has 5 nitrogen and oxygen atoms in total. The highest BCUT2D eigenvalue weighted by Crippen LogP contribution is 2.18. The Morgan fingerprint density at radius 3 is 2.61 bits per heavy atom. The van der Waals surface area contributed by atoms with Crippen molar-refractivity contribution in [2.45, 2.75) is 4.90 Å². The zero-order valence-electron chi connectivity index (χ0n) is 9.17. The van der Waals surface area contributed by atoms with Crippen molar-refractivity contribution in [1.82, 2.24) is 4.98 Å². The Labute approximate surface area is 104 Å². The highest BCUT2D eigenvalue weighted by Gasteiger charge is 2.16. The molecule has 1 aromatic carbocycles. The van der Waals surface area contributed by atoms with E-state index in [0.29, 0.717) is 0 Å². The molecule has 0 unspecified atom stereocenters. The van der Waals surface area contributed by atoms with Gasteiger partial charge in [0.25, 0.3) is 10.0 Å². The molecule has 1 aromatic heterocycles. The fraction of sp³-hybridized carbons (Fsp3) is 0. The van der Waals surface area contributed by atoms with Crippen molar-refractivity contribution in [3.8, 4) is 0 Å². The van der Waals surface area contributed by atoms with Gasteiger partial charge in [-0.15, -0.1) is 0 Å². The standard InChI is InChI=1S/C11H10FN3O2S/c12-9-7-8(4-5-10(9)13)18(16,17)15-11-3-1-2-6-14-11/h1-7H,13H2,(H,14,15). The lowest BCUT2D eigenvalue weighted by molar-refractivity contribution is 0.596. The predicted molar refractivity (Wildman–Crippen MR) is 65.9 cm³/mol. The third-order valence-electron chi connectivity index (χ3n) is 2.19. The van der Waals surface area contributed by atoms with Gasteiger partial charge in [0.15, 0.2) is 0 Å². The number of nitrogens with two attached hydrogens (primary N) is 1. The lowest BCUT2D eigenvalue weighted by Gasteiger charge is -2.07. The van der Waals surface area contributed by atoms with Crippen LogP contribution in [0.3, 0.4) is 0 Å². The summed E-state index contributed by atoms with van der Waals surface area (Å²) >= 11 is 0. The summed E-state index contributed by atoms with van der Waals surface area (Å²) in [6.07, 6.45) is 1.45. The maximum atomic E-state index is 13.2. The SMILES string of the molecule is Nc1ccc(S(=O)(=O)Nc2ccccn2)cc1F. The molecule has 2 aromatic rings. The average molecular weight is 267 g/mol. The van der Waals surface area contributed by atoms with Crippen molar-refractivity contribution in [1.29, 1.82) is 0 Å². The Hall–Kier alpha value is -2.15. The van der Waals surface area contributed by atoms with E-state index in [1.807, 2.05) is 0 Å². The number of nitrogen functional groups attached to an aromatic ring is 1. The number of pyridine rings is 1. The number of nitrogens with zero attached hydrogens (tertiary/aromatic N) is 1. The van der Waals surface area contributed by atoms with Gasteiger partial charge in [0.2, 0.25) is 0 Å². The second-order valence-electron chi connectivity index (χ2n) is 3.50. The number of hydrogen-bond acceptors (Lipinski definition) is 4. The second-order valence-corrected chi connectivity index (χ2v) is 5.19. The van der Waals surface area contributed by atoms with Crippen molar-refractivity contribution >= 4 is 21.5 Å². The Morgan fingerprint density at radius 1 is 1.22 bits per heavy atom. The van der Waals surface area contributed by atoms with Gasteiger partial charge < -0.3 is 5.73 Å². The molecular weight excluding hydrogens is 257 g/mol. The molecule has 0 amide bonds. The highest BCUT2D eigenvalue weighted by atomic mass is 32.2. The van der Waals surface area contributed by atoms with Gasteiger partial charge in [0.1, 0.15) is 11.6 Å². The lowest BCUT2D eigenvalue weighted by Crippen LogP contribution is -2.14. The first-order valence-corrected chi connectivity index (χ1v) is 6.46. The van der Waals surface area contributed by atoms with Crippen LogP contribution in [0.25, 0.3) is 0 Å². The van der Waals surface area contributed by atoms with Crippen LogP contribution in [0.2, 0.25) is 0 Å². The molecule has 1 heterocycles. The van der Waals surface area contributed by atoms with Gasteiger partial charge in [-0.1, -0.05) is 6.07 Å². The van der Waals surface area contributed by atoms with E-state index in [9.17, 15) is 12.8 Å². The first-order valence-electron chi connectivity index (χ1n) is 4.98. The van der Waals surface area contributed by atoms with E-state index in [4.69, 9.17) is 5.73 Å². The van der Waals surface area contributed by atoms with Gasteiger partial charge in [0.05, 0.1) is 10.6 Å². The lowest BCUT2D eigenvalue weighted by atomic mass is 10.3. The maximum Gasteiger partial charge on any atom is 0.263 e. The average Bonchev–Trinajstić information content (AvgIpc) is 2.33. The number of halogens is 1. The molecule has 0 spiro atoms. The van der Waals surface area contributed by atoms with E-state index in [0.717, 1.165) is 6.07 Å². The Kier molecular flexibility index (Phi) is 3.15. The second kappa shape index (κ2) is 4.61. The zero-order chi connectivity index (χ0) is 13.2. The molecule has 0 bridgehead atoms. The number of anilines is 2. The molecule has 0 fully saturated rings. The zero-order valence-corrected chi connectivity index (χ0v) is 9.99. The number of sulfonamides is 1. The molecule has 0 saturated carbocycles. The van der Waals surface area contributed by atoms with Crippen LogP contribution < -0.4 is 10.5 Å². The molecule has 0 atom stereocenters. The van der Waals surface area contributed by atoms with Gasteiger partial charge in [-0.25, -0.2) is 17.8 Å². The summed E-state index contributed by atoms with van der Waals surface area (Å²) in [5.74, 6) is -0.617. The minimum absolute atomic E-state index is 0.105. The summed E-state index contributed by atoms with van der Waals surface area (Å²) < 4.78 is 39.3. The fourth-order valence-electron chi connectivity index (χ4n) is 1.29. The molecule has 0 aliphatic heterocycles. The molecular formula is C11H10FN3O2S. The number of rotatable bonds is 3. The Bertz CT molecular complexity index is 659. The third-order valence-corrected chi connectivity index (χ3v) is 3.54. The van der Waals surface area contributed by atoms with Crippen LogP contribution in [0.4, 0.5) is 15.9 Å². The summed E-state index contributed by atoms with van der Waals surface area (Å²) in [5.41, 5.74) is 5.18. The predicted octanol–water partition coefficient (Wildman–Crippen LogP) is 1.60. The van der Waals surface area contributed by atoms with Crippen LogP contribution in [0.5, 0.6) is 0 Å². The number of benzene rings is 1. The molecule has 7 heteroatoms. The molecule has 2 rings (SSSR count). The molecule has 0 saturated heterocycles. The smallest absolute Gasteiger partial charge is 0.263 e. The van der Waals surface area contributed by atoms with E-state index in [1.54, 1.807) is 12.1 Å². The van der Waals surface area contributed by atoms with Crippen LogP contribution in [0, 0.1) is 5.82 Å². The molecule has 3 N–H and O–H groups in total. The van der Waals surface area contributed by atoms with E-state index in [1.165, 1.54) is 24.4 Å². The topological polar surface area (TPSA) is 85.1 Å². The first kappa shape index (κ1) is 12.3. The monoisotopic (exact) mass is 267 g/mol. The summed E-state index contributed by atoms with van der Waals surface area (Å²) in [6.45, 7) is 0. The van der Waals surface area contributed by atoms with Crippen molar-refractivity contribution in [2.75, 3.05) is 10.5 Å². The summed E-state index contributed by atoms with van der Waals surface area (Å²) in [5, 5.41) is 0. The van der Waals surface area contributed by atoms with Crippen molar-refractivity contribution in [3.05, 3.63) is 48.4 Å². The number of hydrogen-bond donors (Lipinski definition) is 2. The molecule has 0 aliphatic rings. The minimum atomic E-state index is -3.86. The van der Waals surface area contributed by atoms with Gasteiger partial charge in [-0.05, 0) is 30.3 Å². The van der Waals surface area contributed by atoms with Crippen molar-refractivity contribution in [2.24, 2.45) is 0 Å². The third kappa shape index (κ3) is 2.57. The fourth-order valence-corrected chi connectivity index (χ4v) is 2.31. The summed E-state index contributed by atoms with van der Waals surface area (Å²) in [7, 11) is -3.86. The summed E-state index contributed by atoms with van der Waals surface area (Å²) in [4.78, 5) is 3.61.